The number of carbonyl (C=O) groups excluding carboxylic acids is 1. The molecular formula is C26H24F3N3O5S. The predicted octanol–water partition coefficient (Wildman–Crippen LogP) is 4.17. The third kappa shape index (κ3) is 5.36. The highest BCUT2D eigenvalue weighted by molar-refractivity contribution is 7.92. The van der Waals surface area contributed by atoms with Crippen LogP contribution < -0.4 is 10.1 Å². The van der Waals surface area contributed by atoms with E-state index in [-0.39, 0.29) is 29.5 Å². The summed E-state index contributed by atoms with van der Waals surface area (Å²) in [6.45, 7) is 0.515. The van der Waals surface area contributed by atoms with Gasteiger partial charge in [-0.25, -0.2) is 8.42 Å². The van der Waals surface area contributed by atoms with Crippen LogP contribution in [0.1, 0.15) is 34.0 Å². The topological polar surface area (TPSA) is 121 Å². The lowest BCUT2D eigenvalue weighted by Crippen LogP contribution is -2.55. The second-order valence-electron chi connectivity index (χ2n) is 8.47. The van der Waals surface area contributed by atoms with E-state index in [1.807, 2.05) is 0 Å². The molecule has 4 rings (SSSR count). The first kappa shape index (κ1) is 27.1. The Morgan fingerprint density at radius 3 is 2.32 bits per heavy atom. The molecule has 8 nitrogen and oxygen atoms in total. The molecule has 4 aromatic rings. The van der Waals surface area contributed by atoms with Crippen LogP contribution in [0.2, 0.25) is 0 Å². The van der Waals surface area contributed by atoms with Gasteiger partial charge in [0.25, 0.3) is 11.9 Å². The van der Waals surface area contributed by atoms with Crippen LogP contribution in [-0.4, -0.2) is 41.8 Å². The summed E-state index contributed by atoms with van der Waals surface area (Å²) in [5.74, 6) is -1.05. The molecule has 1 amide bonds. The molecular weight excluding hydrogens is 523 g/mol. The van der Waals surface area contributed by atoms with E-state index < -0.39 is 39.0 Å². The van der Waals surface area contributed by atoms with Crippen molar-refractivity contribution in [3.8, 4) is 6.01 Å². The fourth-order valence-electron chi connectivity index (χ4n) is 3.91. The van der Waals surface area contributed by atoms with Crippen LogP contribution in [0.4, 0.5) is 13.2 Å². The van der Waals surface area contributed by atoms with E-state index in [1.165, 1.54) is 49.4 Å². The molecule has 0 spiro atoms. The van der Waals surface area contributed by atoms with Crippen LogP contribution in [0, 0.1) is 0 Å². The number of fused-ring (bicyclic) bond motifs is 1. The summed E-state index contributed by atoms with van der Waals surface area (Å²) in [5, 5.41) is 12.7. The number of ether oxygens (including phenoxy) is 1. The van der Waals surface area contributed by atoms with Gasteiger partial charge in [-0.15, -0.1) is 0 Å². The number of aromatic amines is 1. The lowest BCUT2D eigenvalue weighted by molar-refractivity contribution is -0.137. The minimum atomic E-state index is -4.43. The van der Waals surface area contributed by atoms with Crippen LogP contribution in [0.5, 0.6) is 6.01 Å². The maximum absolute atomic E-state index is 13.2. The summed E-state index contributed by atoms with van der Waals surface area (Å²) in [6, 6.07) is 17.0. The molecule has 3 N–H and O–H groups in total. The summed E-state index contributed by atoms with van der Waals surface area (Å²) >= 11 is 0. The average Bonchev–Trinajstić information content (AvgIpc) is 3.33. The Hall–Kier alpha value is -3.90. The Labute approximate surface area is 216 Å². The van der Waals surface area contributed by atoms with Gasteiger partial charge in [-0.2, -0.15) is 18.2 Å². The number of aliphatic hydroxyl groups is 1. The van der Waals surface area contributed by atoms with Crippen molar-refractivity contribution in [1.82, 2.24) is 15.3 Å². The molecule has 0 fully saturated rings. The highest BCUT2D eigenvalue weighted by atomic mass is 32.2. The van der Waals surface area contributed by atoms with E-state index >= 15 is 0 Å². The second kappa shape index (κ2) is 10.5. The van der Waals surface area contributed by atoms with Crippen LogP contribution in [-0.2, 0) is 27.5 Å². The molecule has 1 unspecified atom stereocenters. The van der Waals surface area contributed by atoms with E-state index in [1.54, 1.807) is 18.2 Å². The molecule has 38 heavy (non-hydrogen) atoms. The summed E-state index contributed by atoms with van der Waals surface area (Å²) in [5.41, 5.74) is 0.918. The van der Waals surface area contributed by atoms with Crippen molar-refractivity contribution in [3.63, 3.8) is 0 Å². The fourth-order valence-corrected chi connectivity index (χ4v) is 5.34. The van der Waals surface area contributed by atoms with E-state index in [0.29, 0.717) is 16.6 Å². The largest absolute Gasteiger partial charge is 0.460 e. The Balaban J connectivity index is 1.55. The zero-order chi connectivity index (χ0) is 27.6. The third-order valence-corrected chi connectivity index (χ3v) is 8.36. The lowest BCUT2D eigenvalue weighted by atomic mass is 10.1. The number of rotatable bonds is 9. The number of aromatic nitrogens is 2. The number of nitrogens with zero attached hydrogens (tertiary/aromatic N) is 1. The lowest BCUT2D eigenvalue weighted by Gasteiger charge is -2.32. The molecule has 0 radical (unpaired) electrons. The number of benzene rings is 3. The van der Waals surface area contributed by atoms with Gasteiger partial charge in [-0.1, -0.05) is 49.4 Å². The first-order valence-electron chi connectivity index (χ1n) is 11.5. The van der Waals surface area contributed by atoms with Gasteiger partial charge in [0.15, 0.2) is 14.7 Å². The first-order chi connectivity index (χ1) is 18.0. The number of halogens is 3. The molecule has 3 aromatic carbocycles. The number of alkyl halides is 3. The maximum Gasteiger partial charge on any atom is 0.416 e. The second-order valence-corrected chi connectivity index (χ2v) is 11.0. The standard InChI is InChI=1S/C26H24F3N3O5S/c1-2-38(35,36)25(16-33,19-6-4-3-5-7-19)32-23(34)18-10-13-21-22(14-18)31-24(30-21)37-15-17-8-11-20(12-9-17)26(27,28)29/h3-14,33H,2,15-16H2,1H3,(H,30,31)(H,32,34). The van der Waals surface area contributed by atoms with Gasteiger partial charge in [0.1, 0.15) is 6.61 Å². The third-order valence-electron chi connectivity index (χ3n) is 6.07. The molecule has 1 atom stereocenters. The minimum absolute atomic E-state index is 0.0454. The smallest absolute Gasteiger partial charge is 0.416 e. The molecule has 0 saturated carbocycles. The highest BCUT2D eigenvalue weighted by Gasteiger charge is 2.45. The summed E-state index contributed by atoms with van der Waals surface area (Å²) in [4.78, 5) is 18.3. The SMILES string of the molecule is CCS(=O)(=O)C(CO)(NC(=O)c1ccc2nc(OCc3ccc(C(F)(F)F)cc3)[nH]c2c1)c1ccccc1. The van der Waals surface area contributed by atoms with E-state index in [9.17, 15) is 31.5 Å². The zero-order valence-electron chi connectivity index (χ0n) is 20.1. The van der Waals surface area contributed by atoms with Crippen molar-refractivity contribution in [1.29, 1.82) is 0 Å². The molecule has 0 saturated heterocycles. The van der Waals surface area contributed by atoms with Gasteiger partial charge in [0, 0.05) is 5.56 Å². The van der Waals surface area contributed by atoms with Crippen molar-refractivity contribution >= 4 is 26.8 Å². The number of aliphatic hydroxyl groups excluding tert-OH is 1. The van der Waals surface area contributed by atoms with Gasteiger partial charge in [0.05, 0.1) is 29.0 Å². The van der Waals surface area contributed by atoms with Crippen molar-refractivity contribution in [3.05, 3.63) is 95.1 Å². The Bertz CT molecular complexity index is 1540. The van der Waals surface area contributed by atoms with Gasteiger partial charge in [-0.05, 0) is 41.5 Å². The van der Waals surface area contributed by atoms with E-state index in [2.05, 4.69) is 15.3 Å². The maximum atomic E-state index is 13.2. The van der Waals surface area contributed by atoms with Gasteiger partial charge in [-0.3, -0.25) is 4.79 Å². The molecule has 200 valence electrons. The van der Waals surface area contributed by atoms with Crippen molar-refractivity contribution in [2.75, 3.05) is 12.4 Å². The zero-order valence-corrected chi connectivity index (χ0v) is 20.9. The molecule has 0 bridgehead atoms. The highest BCUT2D eigenvalue weighted by Crippen LogP contribution is 2.30. The molecule has 1 aromatic heterocycles. The number of sulfone groups is 1. The van der Waals surface area contributed by atoms with Gasteiger partial charge in [0.2, 0.25) is 0 Å². The van der Waals surface area contributed by atoms with Crippen LogP contribution in [0.15, 0.2) is 72.8 Å². The molecule has 0 aliphatic heterocycles. The number of hydrogen-bond donors (Lipinski definition) is 3. The normalized spacial score (nSPS) is 13.7. The quantitative estimate of drug-likeness (QED) is 0.289. The number of amides is 1. The fraction of sp³-hybridized carbons (Fsp3) is 0.231. The van der Waals surface area contributed by atoms with Crippen LogP contribution in [0.3, 0.4) is 0 Å². The number of carbonyl (C=O) groups is 1. The predicted molar refractivity (Wildman–Crippen MR) is 134 cm³/mol. The number of imidazole rings is 1. The Morgan fingerprint density at radius 2 is 1.71 bits per heavy atom. The van der Waals surface area contributed by atoms with Crippen LogP contribution in [0.25, 0.3) is 11.0 Å². The van der Waals surface area contributed by atoms with E-state index in [4.69, 9.17) is 4.74 Å². The Kier molecular flexibility index (Phi) is 7.47. The number of hydrogen-bond acceptors (Lipinski definition) is 6. The monoisotopic (exact) mass is 547 g/mol. The van der Waals surface area contributed by atoms with Gasteiger partial charge >= 0.3 is 6.18 Å². The van der Waals surface area contributed by atoms with E-state index in [0.717, 1.165) is 12.1 Å². The average molecular weight is 548 g/mol. The Morgan fingerprint density at radius 1 is 1.03 bits per heavy atom. The molecule has 12 heteroatoms. The first-order valence-corrected chi connectivity index (χ1v) is 13.1. The molecule has 1 heterocycles. The van der Waals surface area contributed by atoms with Crippen molar-refractivity contribution < 1.29 is 36.2 Å². The number of H-pyrrole nitrogens is 1. The summed E-state index contributed by atoms with van der Waals surface area (Å²) in [6.07, 6.45) is -4.43. The molecule has 0 aliphatic carbocycles. The summed E-state index contributed by atoms with van der Waals surface area (Å²) in [7, 11) is -4.00. The number of nitrogens with one attached hydrogen (secondary N) is 2. The van der Waals surface area contributed by atoms with Gasteiger partial charge < -0.3 is 20.1 Å². The molecule has 0 aliphatic rings. The minimum Gasteiger partial charge on any atom is -0.460 e. The van der Waals surface area contributed by atoms with Crippen LogP contribution >= 0.6 is 0 Å². The van der Waals surface area contributed by atoms with Crippen molar-refractivity contribution in [2.45, 2.75) is 24.6 Å². The van der Waals surface area contributed by atoms with Crippen molar-refractivity contribution in [2.24, 2.45) is 0 Å². The summed E-state index contributed by atoms with van der Waals surface area (Å²) < 4.78 is 69.8.